The van der Waals surface area contributed by atoms with Crippen LogP contribution in [-0.4, -0.2) is 25.6 Å². The van der Waals surface area contributed by atoms with Crippen LogP contribution in [0, 0.1) is 5.82 Å². The van der Waals surface area contributed by atoms with Crippen molar-refractivity contribution in [1.29, 1.82) is 0 Å². The van der Waals surface area contributed by atoms with E-state index < -0.39 is 5.82 Å². The molecule has 0 bridgehead atoms. The van der Waals surface area contributed by atoms with E-state index in [1.807, 2.05) is 0 Å². The third-order valence-electron chi connectivity index (χ3n) is 2.95. The smallest absolute Gasteiger partial charge is 0.220 e. The Bertz CT molecular complexity index is 465. The number of ether oxygens (including phenoxy) is 1. The predicted molar refractivity (Wildman–Crippen MR) is 67.0 cm³/mol. The van der Waals surface area contributed by atoms with Crippen LogP contribution in [0.2, 0.25) is 0 Å². The summed E-state index contributed by atoms with van der Waals surface area (Å²) in [4.78, 5) is 11.0. The number of amides is 1. The number of nitrogens with one attached hydrogen (secondary N) is 2. The molecule has 98 valence electrons. The molecular weight excluding hydrogens is 237 g/mol. The molecule has 0 aliphatic carbocycles. The number of nitrogen functional groups attached to an aromatic ring is 1. The Hall–Kier alpha value is -1.98. The summed E-state index contributed by atoms with van der Waals surface area (Å²) in [6.45, 7) is 0.560. The van der Waals surface area contributed by atoms with Crippen molar-refractivity contribution < 1.29 is 13.9 Å². The first-order chi connectivity index (χ1) is 8.60. The number of nitrogens with two attached hydrogens (primary N) is 1. The Morgan fingerprint density at radius 1 is 1.61 bits per heavy atom. The van der Waals surface area contributed by atoms with Crippen LogP contribution in [0.15, 0.2) is 12.1 Å². The van der Waals surface area contributed by atoms with Gasteiger partial charge in [0, 0.05) is 31.1 Å². The fourth-order valence-corrected chi connectivity index (χ4v) is 1.94. The molecule has 4 N–H and O–H groups in total. The van der Waals surface area contributed by atoms with E-state index in [2.05, 4.69) is 10.6 Å². The van der Waals surface area contributed by atoms with Gasteiger partial charge in [-0.3, -0.25) is 4.79 Å². The van der Waals surface area contributed by atoms with Crippen molar-refractivity contribution in [2.75, 3.05) is 24.7 Å². The average molecular weight is 253 g/mol. The summed E-state index contributed by atoms with van der Waals surface area (Å²) in [5, 5.41) is 5.93. The van der Waals surface area contributed by atoms with Gasteiger partial charge in [-0.2, -0.15) is 0 Å². The van der Waals surface area contributed by atoms with Gasteiger partial charge in [0.2, 0.25) is 5.91 Å². The summed E-state index contributed by atoms with van der Waals surface area (Å²) < 4.78 is 18.2. The maximum Gasteiger partial charge on any atom is 0.220 e. The van der Waals surface area contributed by atoms with Gasteiger partial charge in [0.1, 0.15) is 0 Å². The monoisotopic (exact) mass is 253 g/mol. The van der Waals surface area contributed by atoms with Crippen molar-refractivity contribution in [2.45, 2.75) is 18.9 Å². The highest BCUT2D eigenvalue weighted by molar-refractivity contribution is 5.78. The Labute approximate surface area is 104 Å². The molecule has 1 atom stereocenters. The normalized spacial score (nSPS) is 18.6. The quantitative estimate of drug-likeness (QED) is 0.702. The van der Waals surface area contributed by atoms with E-state index >= 15 is 0 Å². The van der Waals surface area contributed by atoms with E-state index in [-0.39, 0.29) is 17.7 Å². The minimum absolute atomic E-state index is 0.0615. The van der Waals surface area contributed by atoms with Crippen molar-refractivity contribution in [2.24, 2.45) is 0 Å². The summed E-state index contributed by atoms with van der Waals surface area (Å²) >= 11 is 0. The highest BCUT2D eigenvalue weighted by atomic mass is 19.1. The van der Waals surface area contributed by atoms with Gasteiger partial charge in [-0.15, -0.1) is 0 Å². The van der Waals surface area contributed by atoms with Gasteiger partial charge < -0.3 is 21.1 Å². The number of hydrogen-bond acceptors (Lipinski definition) is 4. The molecule has 1 amide bonds. The topological polar surface area (TPSA) is 76.4 Å². The van der Waals surface area contributed by atoms with Gasteiger partial charge in [-0.1, -0.05) is 0 Å². The molecule has 0 spiro atoms. The second-order valence-electron chi connectivity index (χ2n) is 4.26. The van der Waals surface area contributed by atoms with Crippen LogP contribution in [0.1, 0.15) is 12.8 Å². The Balaban J connectivity index is 2.02. The van der Waals surface area contributed by atoms with E-state index in [0.29, 0.717) is 24.3 Å². The summed E-state index contributed by atoms with van der Waals surface area (Å²) in [7, 11) is 1.40. The van der Waals surface area contributed by atoms with Crippen molar-refractivity contribution in [3.63, 3.8) is 0 Å². The highest BCUT2D eigenvalue weighted by Gasteiger charge is 2.20. The Morgan fingerprint density at radius 3 is 3.00 bits per heavy atom. The van der Waals surface area contributed by atoms with Crippen molar-refractivity contribution in [3.05, 3.63) is 17.9 Å². The number of methoxy groups -OCH3 is 1. The van der Waals surface area contributed by atoms with Crippen LogP contribution in [0.4, 0.5) is 15.8 Å². The average Bonchev–Trinajstić information content (AvgIpc) is 2.74. The van der Waals surface area contributed by atoms with E-state index in [1.165, 1.54) is 19.2 Å². The zero-order chi connectivity index (χ0) is 13.1. The molecule has 1 aromatic carbocycles. The second kappa shape index (κ2) is 5.12. The van der Waals surface area contributed by atoms with E-state index in [4.69, 9.17) is 10.5 Å². The minimum atomic E-state index is -0.491. The lowest BCUT2D eigenvalue weighted by Crippen LogP contribution is -2.31. The third-order valence-corrected chi connectivity index (χ3v) is 2.95. The number of halogens is 1. The van der Waals surface area contributed by atoms with Crippen LogP contribution in [-0.2, 0) is 4.79 Å². The van der Waals surface area contributed by atoms with Crippen LogP contribution in [0.25, 0.3) is 0 Å². The zero-order valence-electron chi connectivity index (χ0n) is 10.1. The maximum atomic E-state index is 13.3. The largest absolute Gasteiger partial charge is 0.494 e. The highest BCUT2D eigenvalue weighted by Crippen LogP contribution is 2.28. The molecule has 1 aliphatic heterocycles. The first-order valence-corrected chi connectivity index (χ1v) is 5.76. The van der Waals surface area contributed by atoms with Crippen molar-refractivity contribution in [1.82, 2.24) is 5.32 Å². The molecule has 2 rings (SSSR count). The molecule has 6 heteroatoms. The maximum absolute atomic E-state index is 13.3. The number of carbonyl (C=O) groups is 1. The lowest BCUT2D eigenvalue weighted by molar-refractivity contribution is -0.119. The summed E-state index contributed by atoms with van der Waals surface area (Å²) in [5.74, 6) is -0.289. The molecule has 1 aliphatic rings. The summed E-state index contributed by atoms with van der Waals surface area (Å²) in [6, 6.07) is 2.82. The van der Waals surface area contributed by atoms with E-state index in [0.717, 1.165) is 6.42 Å². The van der Waals surface area contributed by atoms with Crippen LogP contribution in [0.5, 0.6) is 5.75 Å². The van der Waals surface area contributed by atoms with Gasteiger partial charge in [0.25, 0.3) is 0 Å². The first-order valence-electron chi connectivity index (χ1n) is 5.76. The molecule has 1 fully saturated rings. The van der Waals surface area contributed by atoms with Gasteiger partial charge >= 0.3 is 0 Å². The molecule has 1 heterocycles. The lowest BCUT2D eigenvalue weighted by Gasteiger charge is -2.15. The van der Waals surface area contributed by atoms with Gasteiger partial charge in [0.05, 0.1) is 18.5 Å². The molecule has 0 aromatic heterocycles. The molecule has 0 saturated carbocycles. The fourth-order valence-electron chi connectivity index (χ4n) is 1.94. The summed E-state index contributed by atoms with van der Waals surface area (Å²) in [5.41, 5.74) is 6.63. The second-order valence-corrected chi connectivity index (χ2v) is 4.26. The number of carbonyl (C=O) groups excluding carboxylic acids is 1. The van der Waals surface area contributed by atoms with E-state index in [9.17, 15) is 9.18 Å². The van der Waals surface area contributed by atoms with Crippen LogP contribution >= 0.6 is 0 Å². The number of benzene rings is 1. The van der Waals surface area contributed by atoms with Gasteiger partial charge in [-0.25, -0.2) is 4.39 Å². The van der Waals surface area contributed by atoms with Crippen LogP contribution < -0.4 is 21.1 Å². The van der Waals surface area contributed by atoms with Crippen molar-refractivity contribution >= 4 is 17.3 Å². The predicted octanol–water partition coefficient (Wildman–Crippen LogP) is 1.11. The van der Waals surface area contributed by atoms with Gasteiger partial charge in [0.15, 0.2) is 11.6 Å². The molecule has 1 aromatic rings. The zero-order valence-corrected chi connectivity index (χ0v) is 10.1. The van der Waals surface area contributed by atoms with Crippen LogP contribution in [0.3, 0.4) is 0 Å². The Morgan fingerprint density at radius 2 is 2.39 bits per heavy atom. The fraction of sp³-hybridized carbons (Fsp3) is 0.417. The van der Waals surface area contributed by atoms with Gasteiger partial charge in [-0.05, 0) is 6.42 Å². The van der Waals surface area contributed by atoms with E-state index in [1.54, 1.807) is 0 Å². The third kappa shape index (κ3) is 2.64. The summed E-state index contributed by atoms with van der Waals surface area (Å²) in [6.07, 6.45) is 1.35. The lowest BCUT2D eigenvalue weighted by atomic mass is 10.2. The molecule has 1 saturated heterocycles. The molecule has 18 heavy (non-hydrogen) atoms. The standard InChI is InChI=1S/C12H16FN3O2/c1-18-11-5-10(9(14)4-8(11)13)15-6-7-2-3-12(17)16-7/h4-5,7,15H,2-3,6,14H2,1H3,(H,16,17). The number of hydrogen-bond donors (Lipinski definition) is 3. The first kappa shape index (κ1) is 12.5. The molecule has 5 nitrogen and oxygen atoms in total. The number of anilines is 2. The van der Waals surface area contributed by atoms with Crippen molar-refractivity contribution in [3.8, 4) is 5.75 Å². The minimum Gasteiger partial charge on any atom is -0.494 e. The SMILES string of the molecule is COc1cc(NCC2CCC(=O)N2)c(N)cc1F. The molecule has 1 unspecified atom stereocenters. The number of rotatable bonds is 4. The molecule has 0 radical (unpaired) electrons. The molecular formula is C12H16FN3O2. The Kier molecular flexibility index (Phi) is 3.55.